The Balaban J connectivity index is 2.14. The predicted octanol–water partition coefficient (Wildman–Crippen LogP) is 2.95. The van der Waals surface area contributed by atoms with Gasteiger partial charge in [-0.3, -0.25) is 9.78 Å². The standard InChI is InChI=1S/C14H14N2O/c1-10-3-5-13(6-4-10)16-14(17)12-7-8-15-11(2)9-12/h3-9H,1-2H3,(H,16,17). The molecule has 1 amide bonds. The number of hydrogen-bond acceptors (Lipinski definition) is 2. The van der Waals surface area contributed by atoms with Crippen LogP contribution < -0.4 is 5.32 Å². The van der Waals surface area contributed by atoms with Crippen molar-refractivity contribution >= 4 is 11.6 Å². The molecule has 0 aliphatic rings. The number of carbonyl (C=O) groups excluding carboxylic acids is 1. The largest absolute Gasteiger partial charge is 0.322 e. The van der Waals surface area contributed by atoms with E-state index in [0.717, 1.165) is 11.4 Å². The van der Waals surface area contributed by atoms with Crippen molar-refractivity contribution in [2.75, 3.05) is 5.32 Å². The van der Waals surface area contributed by atoms with Crippen molar-refractivity contribution in [3.8, 4) is 0 Å². The summed E-state index contributed by atoms with van der Waals surface area (Å²) < 4.78 is 0. The van der Waals surface area contributed by atoms with Gasteiger partial charge in [-0.05, 0) is 38.1 Å². The molecule has 17 heavy (non-hydrogen) atoms. The van der Waals surface area contributed by atoms with E-state index in [-0.39, 0.29) is 5.91 Å². The smallest absolute Gasteiger partial charge is 0.255 e. The molecule has 2 rings (SSSR count). The van der Waals surface area contributed by atoms with Crippen LogP contribution in [0.1, 0.15) is 21.6 Å². The van der Waals surface area contributed by atoms with Gasteiger partial charge in [0.1, 0.15) is 0 Å². The van der Waals surface area contributed by atoms with E-state index < -0.39 is 0 Å². The average Bonchev–Trinajstić information content (AvgIpc) is 2.32. The minimum atomic E-state index is -0.112. The lowest BCUT2D eigenvalue weighted by atomic mass is 10.2. The third kappa shape index (κ3) is 2.91. The number of benzene rings is 1. The summed E-state index contributed by atoms with van der Waals surface area (Å²) in [4.78, 5) is 16.0. The number of nitrogens with one attached hydrogen (secondary N) is 1. The van der Waals surface area contributed by atoms with Gasteiger partial charge in [-0.15, -0.1) is 0 Å². The molecule has 0 aliphatic heterocycles. The minimum absolute atomic E-state index is 0.112. The molecule has 2 aromatic rings. The van der Waals surface area contributed by atoms with Crippen LogP contribution in [0.4, 0.5) is 5.69 Å². The molecule has 1 N–H and O–H groups in total. The van der Waals surface area contributed by atoms with E-state index in [9.17, 15) is 4.79 Å². The molecule has 0 saturated carbocycles. The Morgan fingerprint density at radius 3 is 2.47 bits per heavy atom. The first kappa shape index (κ1) is 11.3. The van der Waals surface area contributed by atoms with E-state index in [2.05, 4.69) is 10.3 Å². The summed E-state index contributed by atoms with van der Waals surface area (Å²) >= 11 is 0. The second kappa shape index (κ2) is 4.78. The van der Waals surface area contributed by atoms with Crippen LogP contribution in [-0.2, 0) is 0 Å². The lowest BCUT2D eigenvalue weighted by molar-refractivity contribution is 0.102. The molecule has 0 radical (unpaired) electrons. The summed E-state index contributed by atoms with van der Waals surface area (Å²) in [5.74, 6) is -0.112. The van der Waals surface area contributed by atoms with Crippen LogP contribution in [0.15, 0.2) is 42.6 Å². The molecule has 3 heteroatoms. The molecule has 1 aromatic carbocycles. The number of rotatable bonds is 2. The predicted molar refractivity (Wildman–Crippen MR) is 68.1 cm³/mol. The second-order valence-corrected chi connectivity index (χ2v) is 4.01. The third-order valence-corrected chi connectivity index (χ3v) is 2.47. The Morgan fingerprint density at radius 2 is 1.82 bits per heavy atom. The molecule has 0 saturated heterocycles. The van der Waals surface area contributed by atoms with Gasteiger partial charge in [0.05, 0.1) is 0 Å². The van der Waals surface area contributed by atoms with Crippen LogP contribution in [0.3, 0.4) is 0 Å². The van der Waals surface area contributed by atoms with E-state index in [4.69, 9.17) is 0 Å². The number of carbonyl (C=O) groups is 1. The van der Waals surface area contributed by atoms with Gasteiger partial charge in [-0.25, -0.2) is 0 Å². The number of anilines is 1. The van der Waals surface area contributed by atoms with E-state index in [0.29, 0.717) is 5.56 Å². The van der Waals surface area contributed by atoms with E-state index in [1.807, 2.05) is 38.1 Å². The van der Waals surface area contributed by atoms with Crippen molar-refractivity contribution in [1.29, 1.82) is 0 Å². The molecule has 0 aliphatic carbocycles. The van der Waals surface area contributed by atoms with Crippen LogP contribution in [0.2, 0.25) is 0 Å². The number of aromatic nitrogens is 1. The van der Waals surface area contributed by atoms with Crippen LogP contribution >= 0.6 is 0 Å². The number of pyridine rings is 1. The van der Waals surface area contributed by atoms with Crippen LogP contribution in [-0.4, -0.2) is 10.9 Å². The summed E-state index contributed by atoms with van der Waals surface area (Å²) in [7, 11) is 0. The molecule has 86 valence electrons. The van der Waals surface area contributed by atoms with Crippen LogP contribution in [0.5, 0.6) is 0 Å². The van der Waals surface area contributed by atoms with Crippen LogP contribution in [0.25, 0.3) is 0 Å². The van der Waals surface area contributed by atoms with Crippen molar-refractivity contribution < 1.29 is 4.79 Å². The molecular weight excluding hydrogens is 212 g/mol. The van der Waals surface area contributed by atoms with Crippen molar-refractivity contribution in [3.05, 3.63) is 59.4 Å². The Labute approximate surface area is 101 Å². The number of amides is 1. The number of hydrogen-bond donors (Lipinski definition) is 1. The fourth-order valence-electron chi connectivity index (χ4n) is 1.53. The van der Waals surface area contributed by atoms with Gasteiger partial charge in [0.2, 0.25) is 0 Å². The highest BCUT2D eigenvalue weighted by Crippen LogP contribution is 2.10. The van der Waals surface area contributed by atoms with Crippen molar-refractivity contribution in [1.82, 2.24) is 4.98 Å². The Hall–Kier alpha value is -2.16. The molecular formula is C14H14N2O. The number of aryl methyl sites for hydroxylation is 2. The van der Waals surface area contributed by atoms with E-state index in [1.54, 1.807) is 18.3 Å². The zero-order valence-corrected chi connectivity index (χ0v) is 9.90. The van der Waals surface area contributed by atoms with Crippen LogP contribution in [0, 0.1) is 13.8 Å². The molecule has 1 aromatic heterocycles. The van der Waals surface area contributed by atoms with Crippen molar-refractivity contribution in [2.24, 2.45) is 0 Å². The zero-order chi connectivity index (χ0) is 12.3. The maximum absolute atomic E-state index is 11.9. The maximum atomic E-state index is 11.9. The first-order valence-corrected chi connectivity index (χ1v) is 5.46. The van der Waals surface area contributed by atoms with E-state index >= 15 is 0 Å². The summed E-state index contributed by atoms with van der Waals surface area (Å²) in [6.07, 6.45) is 1.64. The maximum Gasteiger partial charge on any atom is 0.255 e. The summed E-state index contributed by atoms with van der Waals surface area (Å²) in [5.41, 5.74) is 3.43. The van der Waals surface area contributed by atoms with Crippen molar-refractivity contribution in [3.63, 3.8) is 0 Å². The highest BCUT2D eigenvalue weighted by molar-refractivity contribution is 6.04. The topological polar surface area (TPSA) is 42.0 Å². The summed E-state index contributed by atoms with van der Waals surface area (Å²) in [5, 5.41) is 2.85. The van der Waals surface area contributed by atoms with Gasteiger partial charge in [0.15, 0.2) is 0 Å². The molecule has 0 bridgehead atoms. The first-order chi connectivity index (χ1) is 8.15. The average molecular weight is 226 g/mol. The van der Waals surface area contributed by atoms with Gasteiger partial charge in [0.25, 0.3) is 5.91 Å². The van der Waals surface area contributed by atoms with Gasteiger partial charge in [0, 0.05) is 23.1 Å². The molecule has 0 unspecified atom stereocenters. The van der Waals surface area contributed by atoms with Gasteiger partial charge < -0.3 is 5.32 Å². The summed E-state index contributed by atoms with van der Waals surface area (Å²) in [6, 6.07) is 11.2. The zero-order valence-electron chi connectivity index (χ0n) is 9.90. The summed E-state index contributed by atoms with van der Waals surface area (Å²) in [6.45, 7) is 3.88. The molecule has 0 atom stereocenters. The lowest BCUT2D eigenvalue weighted by Crippen LogP contribution is -2.12. The fourth-order valence-corrected chi connectivity index (χ4v) is 1.53. The molecule has 0 fully saturated rings. The normalized spacial score (nSPS) is 10.0. The van der Waals surface area contributed by atoms with Gasteiger partial charge >= 0.3 is 0 Å². The highest BCUT2D eigenvalue weighted by atomic mass is 16.1. The SMILES string of the molecule is Cc1ccc(NC(=O)c2ccnc(C)c2)cc1. The fraction of sp³-hybridized carbons (Fsp3) is 0.143. The molecule has 0 spiro atoms. The van der Waals surface area contributed by atoms with Gasteiger partial charge in [-0.1, -0.05) is 17.7 Å². The first-order valence-electron chi connectivity index (χ1n) is 5.46. The Morgan fingerprint density at radius 1 is 1.12 bits per heavy atom. The van der Waals surface area contributed by atoms with Crippen molar-refractivity contribution in [2.45, 2.75) is 13.8 Å². The Bertz CT molecular complexity index is 532. The Kier molecular flexibility index (Phi) is 3.19. The highest BCUT2D eigenvalue weighted by Gasteiger charge is 2.05. The quantitative estimate of drug-likeness (QED) is 0.855. The molecule has 3 nitrogen and oxygen atoms in total. The second-order valence-electron chi connectivity index (χ2n) is 4.01. The van der Waals surface area contributed by atoms with Gasteiger partial charge in [-0.2, -0.15) is 0 Å². The minimum Gasteiger partial charge on any atom is -0.322 e. The van der Waals surface area contributed by atoms with E-state index in [1.165, 1.54) is 5.56 Å². The monoisotopic (exact) mass is 226 g/mol. The third-order valence-electron chi connectivity index (χ3n) is 2.47. The molecule has 1 heterocycles. The number of nitrogens with zero attached hydrogens (tertiary/aromatic N) is 1. The lowest BCUT2D eigenvalue weighted by Gasteiger charge is -2.05.